The smallest absolute Gasteiger partial charge is 0.278 e. The third-order valence-electron chi connectivity index (χ3n) is 5.97. The molecule has 2 aliphatic rings. The zero-order valence-electron chi connectivity index (χ0n) is 16.4. The Morgan fingerprint density at radius 1 is 0.900 bits per heavy atom. The highest BCUT2D eigenvalue weighted by Crippen LogP contribution is 2.36. The van der Waals surface area contributed by atoms with Crippen molar-refractivity contribution in [2.45, 2.75) is 24.2 Å². The topological polar surface area (TPSA) is 64.4 Å². The summed E-state index contributed by atoms with van der Waals surface area (Å²) in [5.41, 5.74) is 0.566. The lowest BCUT2D eigenvalue weighted by molar-refractivity contribution is -0.0530. The zero-order valence-corrected chi connectivity index (χ0v) is 16.4. The van der Waals surface area contributed by atoms with Crippen molar-refractivity contribution < 1.29 is 18.4 Å². The second-order valence-corrected chi connectivity index (χ2v) is 7.93. The molecule has 2 heterocycles. The molecule has 0 N–H and O–H groups in total. The van der Waals surface area contributed by atoms with Crippen LogP contribution in [0.1, 0.15) is 39.1 Å². The number of benzene rings is 2. The van der Waals surface area contributed by atoms with E-state index in [1.807, 2.05) is 30.3 Å². The Labute approximate surface area is 173 Å². The molecule has 2 aromatic rings. The molecule has 7 heteroatoms. The summed E-state index contributed by atoms with van der Waals surface area (Å²) in [7, 11) is 0. The maximum Gasteiger partial charge on any atom is 0.278 e. The lowest BCUT2D eigenvalue weighted by Gasteiger charge is -2.39. The fraction of sp³-hybridized carbons (Fsp3) is 0.348. The Hall–Kier alpha value is -3.11. The van der Waals surface area contributed by atoms with E-state index in [-0.39, 0.29) is 11.1 Å². The van der Waals surface area contributed by atoms with Crippen molar-refractivity contribution >= 4 is 11.8 Å². The van der Waals surface area contributed by atoms with Crippen LogP contribution in [0, 0.1) is 11.3 Å². The van der Waals surface area contributed by atoms with E-state index in [0.717, 1.165) is 5.56 Å². The van der Waals surface area contributed by atoms with Crippen LogP contribution in [0.4, 0.5) is 8.78 Å². The van der Waals surface area contributed by atoms with Gasteiger partial charge in [0, 0.05) is 13.1 Å². The molecule has 1 saturated heterocycles. The van der Waals surface area contributed by atoms with Gasteiger partial charge in [0.2, 0.25) is 0 Å². The van der Waals surface area contributed by atoms with Gasteiger partial charge in [0.05, 0.1) is 35.7 Å². The minimum atomic E-state index is -3.24. The molecule has 1 fully saturated rings. The number of rotatable bonds is 5. The molecule has 0 atom stereocenters. The number of hydrogen-bond acceptors (Lipinski definition) is 4. The number of hydrogen-bond donors (Lipinski definition) is 0. The lowest BCUT2D eigenvalue weighted by Crippen LogP contribution is -2.50. The van der Waals surface area contributed by atoms with Crippen LogP contribution in [0.15, 0.2) is 54.6 Å². The number of nitriles is 1. The molecule has 154 valence electrons. The number of amides is 2. The first-order valence-corrected chi connectivity index (χ1v) is 9.87. The average Bonchev–Trinajstić information content (AvgIpc) is 3.00. The summed E-state index contributed by atoms with van der Waals surface area (Å²) < 4.78 is 29.5. The molecule has 0 bridgehead atoms. The van der Waals surface area contributed by atoms with Crippen molar-refractivity contribution in [1.29, 1.82) is 5.26 Å². The summed E-state index contributed by atoms with van der Waals surface area (Å²) in [5, 5.41) is 9.75. The van der Waals surface area contributed by atoms with Gasteiger partial charge in [-0.15, -0.1) is 0 Å². The highest BCUT2D eigenvalue weighted by molar-refractivity contribution is 6.21. The van der Waals surface area contributed by atoms with Gasteiger partial charge in [0.1, 0.15) is 0 Å². The number of imide groups is 1. The van der Waals surface area contributed by atoms with E-state index in [2.05, 4.69) is 6.07 Å². The summed E-state index contributed by atoms with van der Waals surface area (Å²) in [5.74, 6) is -4.60. The summed E-state index contributed by atoms with van der Waals surface area (Å²) in [6.45, 7) is -0.811. The van der Waals surface area contributed by atoms with Crippen LogP contribution >= 0.6 is 0 Å². The molecule has 0 spiro atoms. The fourth-order valence-electron chi connectivity index (χ4n) is 4.31. The number of fused-ring (bicyclic) bond motifs is 1. The van der Waals surface area contributed by atoms with Crippen LogP contribution in [0.3, 0.4) is 0 Å². The molecule has 30 heavy (non-hydrogen) atoms. The van der Waals surface area contributed by atoms with Crippen molar-refractivity contribution in [2.75, 3.05) is 26.2 Å². The monoisotopic (exact) mass is 409 g/mol. The lowest BCUT2D eigenvalue weighted by atomic mass is 9.74. The Balaban J connectivity index is 1.40. The maximum absolute atomic E-state index is 14.8. The molecule has 0 aromatic heterocycles. The number of alkyl halides is 2. The van der Waals surface area contributed by atoms with Gasteiger partial charge >= 0.3 is 0 Å². The van der Waals surface area contributed by atoms with Gasteiger partial charge in [-0.2, -0.15) is 5.26 Å². The van der Waals surface area contributed by atoms with E-state index in [1.165, 1.54) is 12.1 Å². The molecule has 2 aromatic carbocycles. The van der Waals surface area contributed by atoms with Gasteiger partial charge in [-0.05, 0) is 30.5 Å². The van der Waals surface area contributed by atoms with Crippen molar-refractivity contribution in [1.82, 2.24) is 9.80 Å². The largest absolute Gasteiger partial charge is 0.297 e. The number of nitrogens with zero attached hydrogens (tertiary/aromatic N) is 3. The van der Waals surface area contributed by atoms with E-state index >= 15 is 0 Å². The summed E-state index contributed by atoms with van der Waals surface area (Å²) in [6.07, 6.45) is 0.910. The summed E-state index contributed by atoms with van der Waals surface area (Å²) in [4.78, 5) is 27.0. The van der Waals surface area contributed by atoms with E-state index in [9.17, 15) is 23.6 Å². The number of piperidine rings is 1. The van der Waals surface area contributed by atoms with Gasteiger partial charge < -0.3 is 0 Å². The van der Waals surface area contributed by atoms with E-state index in [4.69, 9.17) is 0 Å². The highest BCUT2D eigenvalue weighted by atomic mass is 19.3. The van der Waals surface area contributed by atoms with Gasteiger partial charge in [0.15, 0.2) is 0 Å². The standard InChI is InChI=1S/C23H21F2N3O2/c24-23(25,16-28-20(29)18-8-4-5-9-19(18)21(28)30)15-27-12-10-22(14-26,11-13-27)17-6-2-1-3-7-17/h1-9H,10-13,15-16H2. The molecule has 5 nitrogen and oxygen atoms in total. The maximum atomic E-state index is 14.8. The minimum Gasteiger partial charge on any atom is -0.297 e. The summed E-state index contributed by atoms with van der Waals surface area (Å²) in [6, 6.07) is 18.0. The van der Waals surface area contributed by atoms with Gasteiger partial charge in [-0.3, -0.25) is 19.4 Å². The third kappa shape index (κ3) is 3.59. The molecule has 2 aliphatic heterocycles. The van der Waals surface area contributed by atoms with Crippen LogP contribution < -0.4 is 0 Å². The predicted octanol–water partition coefficient (Wildman–Crippen LogP) is 3.48. The fourth-order valence-corrected chi connectivity index (χ4v) is 4.31. The van der Waals surface area contributed by atoms with Gasteiger partial charge in [0.25, 0.3) is 17.7 Å². The van der Waals surface area contributed by atoms with E-state index in [0.29, 0.717) is 30.8 Å². The SMILES string of the molecule is N#CC1(c2ccccc2)CCN(CC(F)(F)CN2C(=O)c3ccccc3C2=O)CC1. The van der Waals surface area contributed by atoms with Crippen LogP contribution in [-0.4, -0.2) is 53.7 Å². The predicted molar refractivity (Wildman–Crippen MR) is 106 cm³/mol. The minimum absolute atomic E-state index is 0.165. The first-order chi connectivity index (χ1) is 14.4. The molecular formula is C23H21F2N3O2. The van der Waals surface area contributed by atoms with E-state index in [1.54, 1.807) is 17.0 Å². The number of halogens is 2. The Morgan fingerprint density at radius 3 is 1.97 bits per heavy atom. The van der Waals surface area contributed by atoms with Crippen LogP contribution in [0.25, 0.3) is 0 Å². The Kier molecular flexibility index (Phi) is 5.12. The van der Waals surface area contributed by atoms with Crippen molar-refractivity contribution in [3.63, 3.8) is 0 Å². The summed E-state index contributed by atoms with van der Waals surface area (Å²) >= 11 is 0. The molecular weight excluding hydrogens is 388 g/mol. The molecule has 0 aliphatic carbocycles. The van der Waals surface area contributed by atoms with Crippen molar-refractivity contribution in [3.05, 3.63) is 71.3 Å². The quantitative estimate of drug-likeness (QED) is 0.710. The van der Waals surface area contributed by atoms with Crippen molar-refractivity contribution in [3.8, 4) is 6.07 Å². The second-order valence-electron chi connectivity index (χ2n) is 7.93. The highest BCUT2D eigenvalue weighted by Gasteiger charge is 2.44. The number of likely N-dealkylation sites (tertiary alicyclic amines) is 1. The number of carbonyl (C=O) groups is 2. The third-order valence-corrected chi connectivity index (χ3v) is 5.97. The molecule has 2 amide bonds. The first-order valence-electron chi connectivity index (χ1n) is 9.87. The average molecular weight is 409 g/mol. The molecule has 4 rings (SSSR count). The number of carbonyl (C=O) groups excluding carboxylic acids is 2. The van der Waals surface area contributed by atoms with E-state index < -0.39 is 36.2 Å². The van der Waals surface area contributed by atoms with Crippen LogP contribution in [-0.2, 0) is 5.41 Å². The van der Waals surface area contributed by atoms with Gasteiger partial charge in [-0.25, -0.2) is 8.78 Å². The Morgan fingerprint density at radius 2 is 1.43 bits per heavy atom. The molecule has 0 unspecified atom stereocenters. The zero-order chi connectivity index (χ0) is 21.4. The molecule has 0 saturated carbocycles. The normalized spacial score (nSPS) is 18.9. The van der Waals surface area contributed by atoms with Crippen LogP contribution in [0.5, 0.6) is 0 Å². The van der Waals surface area contributed by atoms with Gasteiger partial charge in [-0.1, -0.05) is 42.5 Å². The molecule has 0 radical (unpaired) electrons. The second kappa shape index (κ2) is 7.62. The Bertz CT molecular complexity index is 974. The first kappa shape index (κ1) is 20.2. The van der Waals surface area contributed by atoms with Crippen molar-refractivity contribution in [2.24, 2.45) is 0 Å². The van der Waals surface area contributed by atoms with Crippen LogP contribution in [0.2, 0.25) is 0 Å².